The summed E-state index contributed by atoms with van der Waals surface area (Å²) in [5.41, 5.74) is 5.17. The molecule has 1 saturated heterocycles. The highest BCUT2D eigenvalue weighted by molar-refractivity contribution is 6.34. The van der Waals surface area contributed by atoms with Gasteiger partial charge in [-0.15, -0.1) is 0 Å². The van der Waals surface area contributed by atoms with Crippen molar-refractivity contribution in [2.45, 2.75) is 45.7 Å². The van der Waals surface area contributed by atoms with Crippen LogP contribution in [-0.2, 0) is 25.9 Å². The van der Waals surface area contributed by atoms with Gasteiger partial charge >= 0.3 is 6.09 Å². The molecule has 1 fully saturated rings. The van der Waals surface area contributed by atoms with Crippen molar-refractivity contribution >= 4 is 23.6 Å². The summed E-state index contributed by atoms with van der Waals surface area (Å²) < 4.78 is 0. The summed E-state index contributed by atoms with van der Waals surface area (Å²) in [5, 5.41) is 9.64. The van der Waals surface area contributed by atoms with E-state index in [0.29, 0.717) is 42.7 Å². The van der Waals surface area contributed by atoms with Crippen molar-refractivity contribution in [3.63, 3.8) is 0 Å². The van der Waals surface area contributed by atoms with Crippen molar-refractivity contribution < 1.29 is 14.7 Å². The summed E-state index contributed by atoms with van der Waals surface area (Å²) in [6.07, 6.45) is 2.76. The number of likely N-dealkylation sites (tertiary alicyclic amines) is 1. The molecule has 2 aromatic rings. The molecular weight excluding hydrogens is 400 g/mol. The quantitative estimate of drug-likeness (QED) is 0.732. The van der Waals surface area contributed by atoms with Crippen LogP contribution in [0.1, 0.15) is 52.4 Å². The molecular formula is C24H27ClN2O3. The monoisotopic (exact) mass is 426 g/mol. The Morgan fingerprint density at radius 3 is 2.40 bits per heavy atom. The maximum absolute atomic E-state index is 12.9. The molecule has 0 unspecified atom stereocenters. The van der Waals surface area contributed by atoms with Gasteiger partial charge in [0.15, 0.2) is 0 Å². The highest BCUT2D eigenvalue weighted by atomic mass is 35.5. The van der Waals surface area contributed by atoms with Crippen LogP contribution >= 0.6 is 11.6 Å². The first kappa shape index (κ1) is 20.7. The third kappa shape index (κ3) is 4.31. The van der Waals surface area contributed by atoms with E-state index < -0.39 is 6.09 Å². The average Bonchev–Trinajstić information content (AvgIpc) is 3.04. The zero-order valence-electron chi connectivity index (χ0n) is 17.2. The molecule has 0 spiro atoms. The molecule has 0 saturated carbocycles. The number of aryl methyl sites for hydroxylation is 1. The first-order valence-corrected chi connectivity index (χ1v) is 11.0. The highest BCUT2D eigenvalue weighted by Gasteiger charge is 2.31. The maximum atomic E-state index is 12.9. The fourth-order valence-electron chi connectivity index (χ4n) is 4.53. The summed E-state index contributed by atoms with van der Waals surface area (Å²) in [6, 6.07) is 12.4. The molecule has 2 aliphatic rings. The number of fused-ring (bicyclic) bond motifs is 1. The fraction of sp³-hybridized carbons (Fsp3) is 0.417. The van der Waals surface area contributed by atoms with Crippen molar-refractivity contribution in [1.82, 2.24) is 9.80 Å². The first-order chi connectivity index (χ1) is 14.4. The number of carbonyl (C=O) groups excluding carboxylic acids is 1. The van der Waals surface area contributed by atoms with Crippen LogP contribution < -0.4 is 0 Å². The van der Waals surface area contributed by atoms with E-state index in [-0.39, 0.29) is 5.91 Å². The number of rotatable bonds is 5. The molecule has 2 heterocycles. The van der Waals surface area contributed by atoms with Crippen LogP contribution in [-0.4, -0.2) is 40.0 Å². The fourth-order valence-corrected chi connectivity index (χ4v) is 4.88. The van der Waals surface area contributed by atoms with Gasteiger partial charge in [-0.3, -0.25) is 4.79 Å². The molecule has 0 bridgehead atoms. The average molecular weight is 427 g/mol. The van der Waals surface area contributed by atoms with Crippen LogP contribution in [0.4, 0.5) is 4.79 Å². The summed E-state index contributed by atoms with van der Waals surface area (Å²) >= 11 is 6.53. The Balaban J connectivity index is 1.43. The van der Waals surface area contributed by atoms with E-state index in [9.17, 15) is 9.59 Å². The second kappa shape index (κ2) is 8.68. The lowest BCUT2D eigenvalue weighted by Gasteiger charge is -2.30. The van der Waals surface area contributed by atoms with Gasteiger partial charge in [0.25, 0.3) is 5.91 Å². The van der Waals surface area contributed by atoms with Gasteiger partial charge in [-0.1, -0.05) is 48.9 Å². The summed E-state index contributed by atoms with van der Waals surface area (Å²) in [6.45, 7) is 4.46. The zero-order chi connectivity index (χ0) is 21.3. The third-order valence-corrected chi connectivity index (χ3v) is 6.61. The predicted octanol–water partition coefficient (Wildman–Crippen LogP) is 4.99. The zero-order valence-corrected chi connectivity index (χ0v) is 18.0. The Labute approximate surface area is 182 Å². The van der Waals surface area contributed by atoms with E-state index in [2.05, 4.69) is 37.3 Å². The first-order valence-electron chi connectivity index (χ1n) is 10.6. The van der Waals surface area contributed by atoms with Gasteiger partial charge in [-0.25, -0.2) is 4.79 Å². The smallest absolute Gasteiger partial charge is 0.407 e. The number of piperidine rings is 1. The molecule has 0 atom stereocenters. The largest absolute Gasteiger partial charge is 0.465 e. The van der Waals surface area contributed by atoms with Gasteiger partial charge < -0.3 is 14.9 Å². The number of hydrogen-bond acceptors (Lipinski definition) is 2. The van der Waals surface area contributed by atoms with Gasteiger partial charge in [0, 0.05) is 26.2 Å². The van der Waals surface area contributed by atoms with Gasteiger partial charge in [0.05, 0.1) is 10.6 Å². The van der Waals surface area contributed by atoms with E-state index in [1.165, 1.54) is 10.5 Å². The standard InChI is InChI=1S/C24H27ClN2O3/c1-2-16-3-5-18(6-4-16)14-27-15-20-12-19(13-21(25)22(20)23(27)28)11-17-7-9-26(10-8-17)24(29)30/h3-6,12-13,17H,2,7-11,14-15H2,1H3,(H,29,30). The van der Waals surface area contributed by atoms with E-state index in [0.717, 1.165) is 42.4 Å². The number of carbonyl (C=O) groups is 2. The van der Waals surface area contributed by atoms with Crippen LogP contribution in [0.2, 0.25) is 5.02 Å². The van der Waals surface area contributed by atoms with Crippen molar-refractivity contribution in [2.24, 2.45) is 5.92 Å². The number of halogens is 1. The molecule has 30 heavy (non-hydrogen) atoms. The molecule has 2 amide bonds. The minimum absolute atomic E-state index is 0.00381. The normalized spacial score (nSPS) is 16.8. The van der Waals surface area contributed by atoms with Crippen LogP contribution in [0.3, 0.4) is 0 Å². The summed E-state index contributed by atoms with van der Waals surface area (Å²) in [5.74, 6) is 0.441. The Morgan fingerprint density at radius 2 is 1.77 bits per heavy atom. The lowest BCUT2D eigenvalue weighted by Crippen LogP contribution is -2.37. The molecule has 5 nitrogen and oxygen atoms in total. The van der Waals surface area contributed by atoms with Crippen molar-refractivity contribution in [3.8, 4) is 0 Å². The molecule has 6 heteroatoms. The lowest BCUT2D eigenvalue weighted by molar-refractivity contribution is 0.0766. The molecule has 0 aliphatic carbocycles. The van der Waals surface area contributed by atoms with E-state index in [4.69, 9.17) is 16.7 Å². The minimum atomic E-state index is -0.836. The van der Waals surface area contributed by atoms with Gasteiger partial charge in [0.1, 0.15) is 0 Å². The third-order valence-electron chi connectivity index (χ3n) is 6.31. The van der Waals surface area contributed by atoms with Crippen LogP contribution in [0, 0.1) is 5.92 Å². The second-order valence-electron chi connectivity index (χ2n) is 8.36. The van der Waals surface area contributed by atoms with Crippen molar-refractivity contribution in [2.75, 3.05) is 13.1 Å². The van der Waals surface area contributed by atoms with Gasteiger partial charge in [0.2, 0.25) is 0 Å². The Bertz CT molecular complexity index is 950. The molecule has 4 rings (SSSR count). The van der Waals surface area contributed by atoms with Gasteiger partial charge in [-0.05, 0) is 59.9 Å². The van der Waals surface area contributed by atoms with E-state index in [1.807, 2.05) is 11.0 Å². The Kier molecular flexibility index (Phi) is 6.00. The molecule has 1 N–H and O–H groups in total. The van der Waals surface area contributed by atoms with Crippen LogP contribution in [0.15, 0.2) is 36.4 Å². The number of carboxylic acid groups (broad SMARTS) is 1. The lowest BCUT2D eigenvalue weighted by atomic mass is 9.89. The number of benzene rings is 2. The Hall–Kier alpha value is -2.53. The SMILES string of the molecule is CCc1ccc(CN2Cc3cc(CC4CCN(C(=O)O)CC4)cc(Cl)c3C2=O)cc1. The maximum Gasteiger partial charge on any atom is 0.407 e. The topological polar surface area (TPSA) is 60.9 Å². The van der Waals surface area contributed by atoms with E-state index in [1.54, 1.807) is 0 Å². The summed E-state index contributed by atoms with van der Waals surface area (Å²) in [4.78, 5) is 27.4. The van der Waals surface area contributed by atoms with Crippen LogP contribution in [0.5, 0.6) is 0 Å². The molecule has 0 radical (unpaired) electrons. The second-order valence-corrected chi connectivity index (χ2v) is 8.77. The highest BCUT2D eigenvalue weighted by Crippen LogP contribution is 2.33. The van der Waals surface area contributed by atoms with Crippen molar-refractivity contribution in [1.29, 1.82) is 0 Å². The molecule has 2 aromatic carbocycles. The van der Waals surface area contributed by atoms with E-state index >= 15 is 0 Å². The molecule has 158 valence electrons. The number of hydrogen-bond donors (Lipinski definition) is 1. The summed E-state index contributed by atoms with van der Waals surface area (Å²) in [7, 11) is 0. The molecule has 2 aliphatic heterocycles. The number of amides is 2. The number of nitrogens with zero attached hydrogens (tertiary/aromatic N) is 2. The molecule has 0 aromatic heterocycles. The predicted molar refractivity (Wildman–Crippen MR) is 117 cm³/mol. The van der Waals surface area contributed by atoms with Crippen molar-refractivity contribution in [3.05, 3.63) is 69.2 Å². The Morgan fingerprint density at radius 1 is 1.10 bits per heavy atom. The van der Waals surface area contributed by atoms with Gasteiger partial charge in [-0.2, -0.15) is 0 Å². The minimum Gasteiger partial charge on any atom is -0.465 e. The van der Waals surface area contributed by atoms with Crippen LogP contribution in [0.25, 0.3) is 0 Å².